The van der Waals surface area contributed by atoms with Crippen LogP contribution in [-0.4, -0.2) is 36.1 Å². The Labute approximate surface area is 85.9 Å². The van der Waals surface area contributed by atoms with Gasteiger partial charge in [-0.3, -0.25) is 4.90 Å². The molecule has 2 atom stereocenters. The number of nitrogens with zero attached hydrogens (tertiary/aromatic N) is 1. The van der Waals surface area contributed by atoms with Crippen LogP contribution in [0.1, 0.15) is 19.3 Å². The summed E-state index contributed by atoms with van der Waals surface area (Å²) in [5.74, 6) is 0. The molecule has 2 heterocycles. The van der Waals surface area contributed by atoms with Gasteiger partial charge in [0.25, 0.3) is 0 Å². The van der Waals surface area contributed by atoms with Gasteiger partial charge in [0.2, 0.25) is 0 Å². The molecular formula is C8H16Cl2N2. The minimum Gasteiger partial charge on any atom is -0.311 e. The van der Waals surface area contributed by atoms with Crippen molar-refractivity contribution in [2.75, 3.05) is 13.1 Å². The molecule has 1 aliphatic carbocycles. The van der Waals surface area contributed by atoms with Gasteiger partial charge in [0.05, 0.1) is 0 Å². The van der Waals surface area contributed by atoms with Gasteiger partial charge < -0.3 is 5.32 Å². The largest absolute Gasteiger partial charge is 0.311 e. The van der Waals surface area contributed by atoms with Crippen LogP contribution >= 0.6 is 24.8 Å². The second kappa shape index (κ2) is 3.70. The maximum atomic E-state index is 3.53. The molecule has 2 nitrogen and oxygen atoms in total. The van der Waals surface area contributed by atoms with Crippen LogP contribution in [0.2, 0.25) is 0 Å². The predicted octanol–water partition coefficient (Wildman–Crippen LogP) is 1.04. The highest BCUT2D eigenvalue weighted by molar-refractivity contribution is 5.85. The molecule has 1 saturated carbocycles. The molecule has 3 fully saturated rings. The first kappa shape index (κ1) is 10.6. The number of likely N-dealkylation sites (tertiary alicyclic amines) is 1. The Morgan fingerprint density at radius 2 is 1.83 bits per heavy atom. The van der Waals surface area contributed by atoms with Gasteiger partial charge in [0.15, 0.2) is 0 Å². The highest BCUT2D eigenvalue weighted by Gasteiger charge is 2.43. The molecule has 0 aromatic heterocycles. The van der Waals surface area contributed by atoms with Crippen LogP contribution < -0.4 is 5.32 Å². The molecule has 0 aromatic rings. The number of halogens is 2. The van der Waals surface area contributed by atoms with Gasteiger partial charge in [-0.05, 0) is 19.3 Å². The summed E-state index contributed by atoms with van der Waals surface area (Å²) >= 11 is 0. The predicted molar refractivity (Wildman–Crippen MR) is 54.4 cm³/mol. The minimum atomic E-state index is 0. The number of fused-ring (bicyclic) bond motifs is 2. The average molecular weight is 211 g/mol. The average Bonchev–Trinajstić information content (AvgIpc) is 2.60. The van der Waals surface area contributed by atoms with Crippen LogP contribution in [0.25, 0.3) is 0 Å². The van der Waals surface area contributed by atoms with E-state index >= 15 is 0 Å². The van der Waals surface area contributed by atoms with Gasteiger partial charge in [0.1, 0.15) is 0 Å². The number of piperazine rings is 1. The zero-order valence-corrected chi connectivity index (χ0v) is 8.66. The van der Waals surface area contributed by atoms with Crippen LogP contribution in [0.15, 0.2) is 0 Å². The van der Waals surface area contributed by atoms with Gasteiger partial charge in [-0.15, -0.1) is 24.8 Å². The van der Waals surface area contributed by atoms with E-state index < -0.39 is 0 Å². The van der Waals surface area contributed by atoms with Gasteiger partial charge in [-0.2, -0.15) is 0 Å². The van der Waals surface area contributed by atoms with Crippen LogP contribution in [0.3, 0.4) is 0 Å². The molecule has 0 amide bonds. The summed E-state index contributed by atoms with van der Waals surface area (Å²) in [7, 11) is 0. The highest BCUT2D eigenvalue weighted by atomic mass is 35.5. The number of hydrogen-bond donors (Lipinski definition) is 1. The van der Waals surface area contributed by atoms with E-state index in [1.165, 1.54) is 32.4 Å². The first-order chi connectivity index (χ1) is 4.93. The summed E-state index contributed by atoms with van der Waals surface area (Å²) < 4.78 is 0. The van der Waals surface area contributed by atoms with E-state index in [9.17, 15) is 0 Å². The lowest BCUT2D eigenvalue weighted by Crippen LogP contribution is -2.44. The van der Waals surface area contributed by atoms with E-state index in [4.69, 9.17) is 0 Å². The summed E-state index contributed by atoms with van der Waals surface area (Å²) in [6.07, 6.45) is 4.38. The van der Waals surface area contributed by atoms with Crippen LogP contribution in [0.5, 0.6) is 0 Å². The van der Waals surface area contributed by atoms with Crippen molar-refractivity contribution in [1.82, 2.24) is 10.2 Å². The molecule has 0 radical (unpaired) electrons. The Bertz CT molecular complexity index is 161. The van der Waals surface area contributed by atoms with Crippen molar-refractivity contribution >= 4 is 24.8 Å². The third kappa shape index (κ3) is 1.58. The quantitative estimate of drug-likeness (QED) is 0.697. The Hall–Kier alpha value is 0.500. The fraction of sp³-hybridized carbons (Fsp3) is 1.00. The topological polar surface area (TPSA) is 15.3 Å². The van der Waals surface area contributed by atoms with Crippen molar-refractivity contribution in [2.45, 2.75) is 37.4 Å². The molecule has 0 spiro atoms. The zero-order valence-electron chi connectivity index (χ0n) is 7.03. The molecule has 72 valence electrons. The Morgan fingerprint density at radius 3 is 2.25 bits per heavy atom. The molecule has 2 saturated heterocycles. The summed E-state index contributed by atoms with van der Waals surface area (Å²) in [4.78, 5) is 2.72. The maximum absolute atomic E-state index is 3.53. The third-order valence-electron chi connectivity index (χ3n) is 3.11. The lowest BCUT2D eigenvalue weighted by atomic mass is 10.2. The monoisotopic (exact) mass is 210 g/mol. The Balaban J connectivity index is 0.000000360. The van der Waals surface area contributed by atoms with Crippen LogP contribution in [0, 0.1) is 0 Å². The van der Waals surface area contributed by atoms with E-state index in [2.05, 4.69) is 10.2 Å². The molecule has 0 unspecified atom stereocenters. The number of hydrogen-bond acceptors (Lipinski definition) is 2. The van der Waals surface area contributed by atoms with E-state index in [0.29, 0.717) is 0 Å². The zero-order chi connectivity index (χ0) is 6.55. The summed E-state index contributed by atoms with van der Waals surface area (Å²) in [5.41, 5.74) is 0. The van der Waals surface area contributed by atoms with E-state index in [-0.39, 0.29) is 24.8 Å². The summed E-state index contributed by atoms with van der Waals surface area (Å²) in [5, 5.41) is 3.53. The number of nitrogens with one attached hydrogen (secondary N) is 1. The van der Waals surface area contributed by atoms with Gasteiger partial charge in [-0.25, -0.2) is 0 Å². The fourth-order valence-corrected chi connectivity index (χ4v) is 2.45. The van der Waals surface area contributed by atoms with E-state index in [1.54, 1.807) is 0 Å². The normalized spacial score (nSPS) is 39.0. The lowest BCUT2D eigenvalue weighted by molar-refractivity contribution is 0.216. The van der Waals surface area contributed by atoms with Crippen molar-refractivity contribution in [3.05, 3.63) is 0 Å². The lowest BCUT2D eigenvalue weighted by Gasteiger charge is -2.26. The van der Waals surface area contributed by atoms with Crippen LogP contribution in [-0.2, 0) is 0 Å². The second-order valence-electron chi connectivity index (χ2n) is 3.92. The first-order valence-corrected chi connectivity index (χ1v) is 4.42. The Morgan fingerprint density at radius 1 is 1.08 bits per heavy atom. The van der Waals surface area contributed by atoms with Crippen molar-refractivity contribution in [3.63, 3.8) is 0 Å². The summed E-state index contributed by atoms with van der Waals surface area (Å²) in [6, 6.07) is 2.76. The second-order valence-corrected chi connectivity index (χ2v) is 3.92. The van der Waals surface area contributed by atoms with E-state index in [0.717, 1.165) is 18.1 Å². The molecule has 12 heavy (non-hydrogen) atoms. The third-order valence-corrected chi connectivity index (χ3v) is 3.11. The van der Waals surface area contributed by atoms with Crippen LogP contribution in [0.4, 0.5) is 0 Å². The number of rotatable bonds is 1. The minimum absolute atomic E-state index is 0. The standard InChI is InChI=1S/C8H14N2.2ClH/c1-2-7(1)10-5-6-3-8(10)4-9-6;;/h6-9H,1-5H2;2*1H/t6-,8-;;/m0../s1. The first-order valence-electron chi connectivity index (χ1n) is 4.42. The molecule has 2 bridgehead atoms. The molecular weight excluding hydrogens is 195 g/mol. The van der Waals surface area contributed by atoms with Crippen molar-refractivity contribution in [2.24, 2.45) is 0 Å². The molecule has 4 heteroatoms. The van der Waals surface area contributed by atoms with Crippen molar-refractivity contribution in [3.8, 4) is 0 Å². The van der Waals surface area contributed by atoms with E-state index in [1.807, 2.05) is 0 Å². The fourth-order valence-electron chi connectivity index (χ4n) is 2.45. The molecule has 3 rings (SSSR count). The smallest absolute Gasteiger partial charge is 0.0239 e. The Kier molecular flexibility index (Phi) is 3.27. The summed E-state index contributed by atoms with van der Waals surface area (Å²) in [6.45, 7) is 2.61. The molecule has 1 N–H and O–H groups in total. The molecule has 3 aliphatic rings. The van der Waals surface area contributed by atoms with Gasteiger partial charge >= 0.3 is 0 Å². The molecule has 2 aliphatic heterocycles. The van der Waals surface area contributed by atoms with Crippen molar-refractivity contribution < 1.29 is 0 Å². The molecule has 0 aromatic carbocycles. The van der Waals surface area contributed by atoms with Crippen molar-refractivity contribution in [1.29, 1.82) is 0 Å². The SMILES string of the molecule is C1CC1N1C[C@@H]2C[C@H]1CN2.Cl.Cl. The van der Waals surface area contributed by atoms with Gasteiger partial charge in [0, 0.05) is 31.2 Å². The maximum Gasteiger partial charge on any atom is 0.0239 e. The van der Waals surface area contributed by atoms with Gasteiger partial charge in [-0.1, -0.05) is 0 Å². The highest BCUT2D eigenvalue weighted by Crippen LogP contribution is 2.35.